The molecule has 0 aromatic carbocycles. The zero-order valence-electron chi connectivity index (χ0n) is 24.8. The number of H-pyrrole nitrogens is 1. The summed E-state index contributed by atoms with van der Waals surface area (Å²) in [6.45, 7) is 4.40. The second kappa shape index (κ2) is 12.9. The summed E-state index contributed by atoms with van der Waals surface area (Å²) in [4.78, 5) is 42.4. The molecule has 262 valence electrons. The van der Waals surface area contributed by atoms with Gasteiger partial charge in [0.25, 0.3) is 5.56 Å². The third-order valence-electron chi connectivity index (χ3n) is 7.25. The van der Waals surface area contributed by atoms with Gasteiger partial charge in [-0.25, -0.2) is 18.8 Å². The Morgan fingerprint density at radius 2 is 1.68 bits per heavy atom. The third-order valence-corrected chi connectivity index (χ3v) is 9.85. The number of aliphatic hydroxyl groups excluding tert-OH is 5. The fourth-order valence-corrected chi connectivity index (χ4v) is 6.93. The number of imidazole rings is 1. The number of aromatic nitrogens is 7. The van der Waals surface area contributed by atoms with E-state index in [9.17, 15) is 49.2 Å². The minimum Gasteiger partial charge on any atom is -0.388 e. The number of ether oxygens (including phenoxy) is 2. The van der Waals surface area contributed by atoms with E-state index in [0.29, 0.717) is 5.69 Å². The minimum absolute atomic E-state index is 0.110. The molecule has 0 aliphatic carbocycles. The minimum atomic E-state index is -5.64. The summed E-state index contributed by atoms with van der Waals surface area (Å²) in [7, 11) is -11.2. The Bertz CT molecular complexity index is 1740. The number of fused-ring (bicyclic) bond motifs is 1. The van der Waals surface area contributed by atoms with E-state index in [1.165, 1.54) is 4.68 Å². The molecule has 0 radical (unpaired) electrons. The molecule has 25 heteroatoms. The van der Waals surface area contributed by atoms with Gasteiger partial charge >= 0.3 is 15.6 Å². The number of hydrogen-bond acceptors (Lipinski definition) is 18. The van der Waals surface area contributed by atoms with Crippen LogP contribution in [-0.2, 0) is 43.9 Å². The topological polar surface area (TPSA) is 342 Å². The average molecular weight is 713 g/mol. The van der Waals surface area contributed by atoms with Crippen molar-refractivity contribution in [3.05, 3.63) is 28.6 Å². The number of nitrogen functional groups attached to an aromatic ring is 1. The van der Waals surface area contributed by atoms with Gasteiger partial charge in [0, 0.05) is 11.6 Å². The van der Waals surface area contributed by atoms with Crippen LogP contribution in [0.5, 0.6) is 0 Å². The number of aliphatic hydroxyl groups is 5. The van der Waals surface area contributed by atoms with E-state index < -0.39 is 83.1 Å². The molecule has 2 aliphatic heterocycles. The van der Waals surface area contributed by atoms with Crippen molar-refractivity contribution >= 4 is 32.8 Å². The Balaban J connectivity index is 1.21. The van der Waals surface area contributed by atoms with Crippen LogP contribution in [0.4, 0.5) is 5.95 Å². The summed E-state index contributed by atoms with van der Waals surface area (Å²) in [5.74, 6) is -0.275. The molecular weight excluding hydrogens is 678 g/mol. The summed E-state index contributed by atoms with van der Waals surface area (Å²) in [5, 5.41) is 60.0. The molecule has 0 bridgehead atoms. The van der Waals surface area contributed by atoms with Crippen LogP contribution in [-0.4, -0.2) is 125 Å². The van der Waals surface area contributed by atoms with Crippen LogP contribution in [0.3, 0.4) is 0 Å². The largest absolute Gasteiger partial charge is 0.483 e. The number of phosphoric ester groups is 2. The van der Waals surface area contributed by atoms with Crippen molar-refractivity contribution in [2.45, 2.75) is 88.0 Å². The maximum atomic E-state index is 12.7. The molecule has 5 rings (SSSR count). The second-order valence-electron chi connectivity index (χ2n) is 11.8. The van der Waals surface area contributed by atoms with Gasteiger partial charge in [-0.1, -0.05) is 26.0 Å². The molecular formula is C22H34N8O15P2. The Morgan fingerprint density at radius 3 is 2.34 bits per heavy atom. The predicted octanol–water partition coefficient (Wildman–Crippen LogP) is -3.03. The lowest BCUT2D eigenvalue weighted by Gasteiger charge is -2.40. The van der Waals surface area contributed by atoms with Gasteiger partial charge in [-0.2, -0.15) is 9.29 Å². The second-order valence-corrected chi connectivity index (χ2v) is 14.8. The van der Waals surface area contributed by atoms with E-state index in [1.54, 1.807) is 6.20 Å². The van der Waals surface area contributed by atoms with Crippen LogP contribution >= 0.6 is 15.6 Å². The van der Waals surface area contributed by atoms with E-state index in [4.69, 9.17) is 24.3 Å². The van der Waals surface area contributed by atoms with Crippen molar-refractivity contribution in [2.24, 2.45) is 0 Å². The summed E-state index contributed by atoms with van der Waals surface area (Å²) < 4.78 is 52.2. The number of phosphoric acid groups is 2. The van der Waals surface area contributed by atoms with Crippen molar-refractivity contribution in [1.82, 2.24) is 34.5 Å². The maximum Gasteiger partial charge on any atom is 0.483 e. The molecule has 2 fully saturated rings. The fraction of sp³-hybridized carbons (Fsp3) is 0.682. The zero-order chi connectivity index (χ0) is 34.6. The first kappa shape index (κ1) is 35.6. The predicted molar refractivity (Wildman–Crippen MR) is 152 cm³/mol. The van der Waals surface area contributed by atoms with Gasteiger partial charge in [0.05, 0.1) is 25.2 Å². The van der Waals surface area contributed by atoms with Gasteiger partial charge in [-0.3, -0.25) is 23.4 Å². The van der Waals surface area contributed by atoms with Crippen molar-refractivity contribution in [3.8, 4) is 0 Å². The van der Waals surface area contributed by atoms with Crippen LogP contribution < -0.4 is 11.3 Å². The van der Waals surface area contributed by atoms with E-state index in [1.807, 2.05) is 20.8 Å². The summed E-state index contributed by atoms with van der Waals surface area (Å²) in [5.41, 5.74) is 4.80. The Kier molecular flexibility index (Phi) is 9.80. The van der Waals surface area contributed by atoms with E-state index in [0.717, 1.165) is 10.9 Å². The van der Waals surface area contributed by atoms with Crippen LogP contribution in [0.25, 0.3) is 11.2 Å². The van der Waals surface area contributed by atoms with Crippen LogP contribution in [0, 0.1) is 0 Å². The molecule has 11 atom stereocenters. The van der Waals surface area contributed by atoms with Crippen LogP contribution in [0.15, 0.2) is 17.3 Å². The molecule has 7 unspecified atom stereocenters. The van der Waals surface area contributed by atoms with Crippen LogP contribution in [0.2, 0.25) is 0 Å². The molecule has 3 aromatic heterocycles. The molecule has 2 aliphatic rings. The Hall–Kier alpha value is -2.73. The third kappa shape index (κ3) is 7.63. The molecule has 0 amide bonds. The maximum absolute atomic E-state index is 12.7. The quantitative estimate of drug-likeness (QED) is 0.0944. The fourth-order valence-electron chi connectivity index (χ4n) is 4.77. The van der Waals surface area contributed by atoms with Gasteiger partial charge < -0.3 is 50.5 Å². The van der Waals surface area contributed by atoms with Crippen molar-refractivity contribution in [2.75, 3.05) is 12.3 Å². The number of nitrogens with zero attached hydrogens (tertiary/aromatic N) is 6. The van der Waals surface area contributed by atoms with Crippen molar-refractivity contribution < 1.29 is 67.3 Å². The number of nitrogens with one attached hydrogen (secondary N) is 1. The molecule has 3 aromatic rings. The smallest absolute Gasteiger partial charge is 0.388 e. The Labute approximate surface area is 263 Å². The lowest BCUT2D eigenvalue weighted by atomic mass is 9.93. The van der Waals surface area contributed by atoms with E-state index in [2.05, 4.69) is 29.6 Å². The van der Waals surface area contributed by atoms with Gasteiger partial charge in [0.2, 0.25) is 5.95 Å². The SMILES string of the molecule is CC(C)(C)c1cn(CC2O[C@H](OP(=O)(O)OP(=O)(O)OC[C@H]3O[C@@H](n4cnc5c(=O)[nH]c(N)nc54)C(O)C3O)C(O)C(O)[C@@H]2O)nn1. The van der Waals surface area contributed by atoms with E-state index >= 15 is 0 Å². The van der Waals surface area contributed by atoms with Gasteiger partial charge in [0.1, 0.15) is 42.7 Å². The molecule has 2 saturated heterocycles. The molecule has 0 spiro atoms. The standard InChI is InChI=1S/C22H34N8O15P2/c1-22(2,3)10-5-29(28-27-10)4-8-12(31)14(33)16(35)20(43-8)44-47(39,40)45-46(37,38)41-6-9-13(32)15(34)19(42-9)30-7-24-11-17(30)25-21(23)26-18(11)36/h5,7-9,12-16,19-20,31-35H,4,6H2,1-3H3,(H,37,38)(H,39,40)(H3,23,25,26,36)/t8?,9-,12-,13?,14?,15?,16?,19-,20-/m1/s1. The highest BCUT2D eigenvalue weighted by Crippen LogP contribution is 2.61. The van der Waals surface area contributed by atoms with Gasteiger partial charge in [0.15, 0.2) is 23.7 Å². The summed E-state index contributed by atoms with van der Waals surface area (Å²) >= 11 is 0. The van der Waals surface area contributed by atoms with Gasteiger partial charge in [-0.05, 0) is 0 Å². The molecule has 0 saturated carbocycles. The first-order valence-corrected chi connectivity index (χ1v) is 16.8. The lowest BCUT2D eigenvalue weighted by Crippen LogP contribution is -2.58. The first-order valence-electron chi connectivity index (χ1n) is 13.8. The molecule has 47 heavy (non-hydrogen) atoms. The zero-order valence-corrected chi connectivity index (χ0v) is 26.6. The number of anilines is 1. The van der Waals surface area contributed by atoms with Gasteiger partial charge in [-0.15, -0.1) is 5.10 Å². The van der Waals surface area contributed by atoms with E-state index in [-0.39, 0.29) is 29.1 Å². The number of rotatable bonds is 10. The average Bonchev–Trinajstić information content (AvgIpc) is 3.67. The summed E-state index contributed by atoms with van der Waals surface area (Å²) in [6, 6.07) is 0. The number of nitrogens with two attached hydrogens (primary N) is 1. The lowest BCUT2D eigenvalue weighted by molar-refractivity contribution is -0.278. The number of aromatic amines is 1. The highest BCUT2D eigenvalue weighted by molar-refractivity contribution is 7.61. The molecule has 23 nitrogen and oxygen atoms in total. The Morgan fingerprint density at radius 1 is 1.00 bits per heavy atom. The monoisotopic (exact) mass is 712 g/mol. The van der Waals surface area contributed by atoms with Crippen molar-refractivity contribution in [3.63, 3.8) is 0 Å². The first-order chi connectivity index (χ1) is 21.8. The molecule has 10 N–H and O–H groups in total. The van der Waals surface area contributed by atoms with Crippen molar-refractivity contribution in [1.29, 1.82) is 0 Å². The normalized spacial score (nSPS) is 32.8. The highest BCUT2D eigenvalue weighted by atomic mass is 31.3. The highest BCUT2D eigenvalue weighted by Gasteiger charge is 2.50. The summed E-state index contributed by atoms with van der Waals surface area (Å²) in [6.07, 6.45) is -13.1. The number of hydrogen-bond donors (Lipinski definition) is 9. The van der Waals surface area contributed by atoms with Crippen LogP contribution in [0.1, 0.15) is 32.7 Å². The molecule has 5 heterocycles.